The van der Waals surface area contributed by atoms with Gasteiger partial charge in [-0.3, -0.25) is 4.98 Å². The number of hydrogen-bond acceptors (Lipinski definition) is 3. The van der Waals surface area contributed by atoms with Crippen LogP contribution in [-0.2, 0) is 11.8 Å². The predicted octanol–water partition coefficient (Wildman–Crippen LogP) is 13.5. The Labute approximate surface area is 329 Å². The quantitative estimate of drug-likeness (QED) is 0.101. The van der Waals surface area contributed by atoms with Crippen molar-refractivity contribution < 1.29 is 0 Å². The fourth-order valence-electron chi connectivity index (χ4n) is 6.79. The zero-order valence-corrected chi connectivity index (χ0v) is 33.0. The van der Waals surface area contributed by atoms with Crippen LogP contribution in [0.15, 0.2) is 208 Å². The Morgan fingerprint density at radius 2 is 1.47 bits per heavy atom. The van der Waals surface area contributed by atoms with Gasteiger partial charge in [0, 0.05) is 35.6 Å². The summed E-state index contributed by atoms with van der Waals surface area (Å²) in [6, 6.07) is 31.6. The summed E-state index contributed by atoms with van der Waals surface area (Å²) >= 11 is 0. The molecule has 0 fully saturated rings. The summed E-state index contributed by atoms with van der Waals surface area (Å²) in [5, 5.41) is 0. The van der Waals surface area contributed by atoms with Crippen LogP contribution >= 0.6 is 0 Å². The number of benzene rings is 3. The highest BCUT2D eigenvalue weighted by Gasteiger charge is 2.40. The maximum Gasteiger partial charge on any atom is 0.160 e. The summed E-state index contributed by atoms with van der Waals surface area (Å²) in [6.07, 6.45) is 26.1. The van der Waals surface area contributed by atoms with Crippen molar-refractivity contribution in [3.05, 3.63) is 241 Å². The Morgan fingerprint density at radius 1 is 0.745 bits per heavy atom. The van der Waals surface area contributed by atoms with Crippen LogP contribution in [0.2, 0.25) is 0 Å². The van der Waals surface area contributed by atoms with E-state index < -0.39 is 5.41 Å². The topological polar surface area (TPSA) is 38.7 Å². The van der Waals surface area contributed by atoms with Crippen LogP contribution in [0.1, 0.15) is 61.2 Å². The first-order valence-electron chi connectivity index (χ1n) is 18.8. The molecule has 0 amide bonds. The fraction of sp³-hybridized carbons (Fsp3) is 0.135. The van der Waals surface area contributed by atoms with Crippen molar-refractivity contribution in [2.75, 3.05) is 0 Å². The number of pyridine rings is 1. The normalized spacial score (nSPS) is 13.0. The lowest BCUT2D eigenvalue weighted by Gasteiger charge is -2.38. The number of nitrogens with zero attached hydrogens (tertiary/aromatic N) is 3. The molecule has 55 heavy (non-hydrogen) atoms. The second-order valence-electron chi connectivity index (χ2n) is 12.6. The third-order valence-corrected chi connectivity index (χ3v) is 9.28. The van der Waals surface area contributed by atoms with E-state index in [1.54, 1.807) is 6.08 Å². The smallest absolute Gasteiger partial charge is 0.160 e. The summed E-state index contributed by atoms with van der Waals surface area (Å²) in [5.74, 6) is 0.646. The molecule has 0 saturated heterocycles. The van der Waals surface area contributed by atoms with Gasteiger partial charge in [-0.1, -0.05) is 186 Å². The molecule has 0 aliphatic heterocycles. The van der Waals surface area contributed by atoms with Gasteiger partial charge in [0.2, 0.25) is 0 Å². The Morgan fingerprint density at radius 3 is 2.11 bits per heavy atom. The third-order valence-electron chi connectivity index (χ3n) is 9.28. The molecule has 0 radical (unpaired) electrons. The van der Waals surface area contributed by atoms with Gasteiger partial charge in [0.15, 0.2) is 5.82 Å². The minimum absolute atomic E-state index is 0.582. The summed E-state index contributed by atoms with van der Waals surface area (Å²) in [5.41, 5.74) is 11.3. The van der Waals surface area contributed by atoms with E-state index in [1.807, 2.05) is 101 Å². The molecule has 2 heterocycles. The molecule has 2 aromatic heterocycles. The lowest BCUT2D eigenvalue weighted by atomic mass is 9.64. The van der Waals surface area contributed by atoms with E-state index in [1.165, 1.54) is 0 Å². The maximum absolute atomic E-state index is 5.26. The Hall–Kier alpha value is -6.45. The molecule has 0 saturated carbocycles. The van der Waals surface area contributed by atoms with Gasteiger partial charge in [-0.2, -0.15) is 0 Å². The molecule has 5 aromatic rings. The van der Waals surface area contributed by atoms with Gasteiger partial charge in [-0.15, -0.1) is 0 Å². The molecule has 3 heteroatoms. The van der Waals surface area contributed by atoms with Gasteiger partial charge in [0.1, 0.15) is 0 Å². The standard InChI is InChI=1S/C50H47N3.C2H6/c1-8-13-15-23-37(6)50(43-24-16-14-17-25-43,44-26-19-33-51-36-44)47-28-18-27-46(38(47)7)49-52-45(34-39(12-5)20-9-2)35-48(53-49)42-31-29-41(30-32-42)40(21-10-3)22-11-4;1-2/h8-33,35-36H,2-3,5-6,34H2,1,4,7H3;1-2H3/b13-8-,22-11-,23-15-,39-20+,40-21+;. The summed E-state index contributed by atoms with van der Waals surface area (Å²) in [4.78, 5) is 15.1. The molecule has 276 valence electrons. The zero-order valence-electron chi connectivity index (χ0n) is 33.0. The summed E-state index contributed by atoms with van der Waals surface area (Å²) in [6.45, 7) is 26.8. The molecule has 5 rings (SSSR count). The second-order valence-corrected chi connectivity index (χ2v) is 12.6. The van der Waals surface area contributed by atoms with Gasteiger partial charge in [-0.05, 0) is 77.4 Å². The molecule has 0 aliphatic carbocycles. The second kappa shape index (κ2) is 20.7. The average Bonchev–Trinajstić information content (AvgIpc) is 3.23. The van der Waals surface area contributed by atoms with Crippen molar-refractivity contribution in [2.24, 2.45) is 0 Å². The van der Waals surface area contributed by atoms with Crippen LogP contribution < -0.4 is 0 Å². The van der Waals surface area contributed by atoms with E-state index in [9.17, 15) is 0 Å². The molecule has 0 N–H and O–H groups in total. The molecule has 3 aromatic carbocycles. The van der Waals surface area contributed by atoms with Crippen molar-refractivity contribution in [2.45, 2.75) is 46.5 Å². The van der Waals surface area contributed by atoms with E-state index in [4.69, 9.17) is 16.5 Å². The highest BCUT2D eigenvalue weighted by molar-refractivity contribution is 5.77. The third kappa shape index (κ3) is 9.57. The highest BCUT2D eigenvalue weighted by atomic mass is 14.9. The van der Waals surface area contributed by atoms with Gasteiger partial charge < -0.3 is 0 Å². The maximum atomic E-state index is 5.26. The molecule has 1 unspecified atom stereocenters. The van der Waals surface area contributed by atoms with E-state index >= 15 is 0 Å². The van der Waals surface area contributed by atoms with Crippen LogP contribution in [-0.4, -0.2) is 15.0 Å². The van der Waals surface area contributed by atoms with E-state index in [-0.39, 0.29) is 0 Å². The molecular weight excluding hydrogens is 667 g/mol. The summed E-state index contributed by atoms with van der Waals surface area (Å²) in [7, 11) is 0. The van der Waals surface area contributed by atoms with Crippen LogP contribution in [0.4, 0.5) is 0 Å². The first-order chi connectivity index (χ1) is 26.9. The Bertz CT molecular complexity index is 2190. The molecule has 0 bridgehead atoms. The van der Waals surface area contributed by atoms with Crippen LogP contribution in [0.5, 0.6) is 0 Å². The fourth-order valence-corrected chi connectivity index (χ4v) is 6.79. The van der Waals surface area contributed by atoms with Gasteiger partial charge in [0.05, 0.1) is 11.1 Å². The number of allylic oxidation sites excluding steroid dienone is 14. The van der Waals surface area contributed by atoms with E-state index in [0.29, 0.717) is 12.2 Å². The van der Waals surface area contributed by atoms with Crippen molar-refractivity contribution in [3.63, 3.8) is 0 Å². The van der Waals surface area contributed by atoms with Crippen molar-refractivity contribution in [3.8, 4) is 22.6 Å². The zero-order chi connectivity index (χ0) is 39.6. The minimum Gasteiger partial charge on any atom is -0.264 e. The monoisotopic (exact) mass is 719 g/mol. The molecular formula is C52H53N3. The van der Waals surface area contributed by atoms with Crippen LogP contribution in [0, 0.1) is 6.92 Å². The number of aromatic nitrogens is 3. The van der Waals surface area contributed by atoms with Crippen LogP contribution in [0.25, 0.3) is 28.2 Å². The molecule has 1 atom stereocenters. The van der Waals surface area contributed by atoms with Crippen LogP contribution in [0.3, 0.4) is 0 Å². The Kier molecular flexibility index (Phi) is 15.5. The minimum atomic E-state index is -0.754. The largest absolute Gasteiger partial charge is 0.264 e. The summed E-state index contributed by atoms with van der Waals surface area (Å²) < 4.78 is 0. The lowest BCUT2D eigenvalue weighted by molar-refractivity contribution is 0.735. The molecule has 0 spiro atoms. The van der Waals surface area contributed by atoms with Gasteiger partial charge in [-0.25, -0.2) is 9.97 Å². The Balaban J connectivity index is 0.00000331. The van der Waals surface area contributed by atoms with Crippen molar-refractivity contribution in [1.29, 1.82) is 0 Å². The highest BCUT2D eigenvalue weighted by Crippen LogP contribution is 2.47. The van der Waals surface area contributed by atoms with Crippen molar-refractivity contribution >= 4 is 5.57 Å². The van der Waals surface area contributed by atoms with E-state index in [0.717, 1.165) is 67.1 Å². The first kappa shape index (κ1) is 41.3. The van der Waals surface area contributed by atoms with E-state index in [2.05, 4.69) is 123 Å². The van der Waals surface area contributed by atoms with Gasteiger partial charge in [0.25, 0.3) is 0 Å². The first-order valence-corrected chi connectivity index (χ1v) is 18.8. The SMILES string of the molecule is C=C/C=C(\C=C)Cc1cc(-c2ccc(C(/C=C\C)=C/C=C)cc2)nc(-c2cccc(C(C(=C)/C=C\C=C/C)(c3ccccc3)c3cccnc3)c2C)n1.CC. The molecule has 0 aliphatic rings. The molecule has 3 nitrogen and oxygen atoms in total. The van der Waals surface area contributed by atoms with Gasteiger partial charge >= 0.3 is 0 Å². The lowest BCUT2D eigenvalue weighted by Crippen LogP contribution is -2.32. The van der Waals surface area contributed by atoms with Crippen molar-refractivity contribution in [1.82, 2.24) is 15.0 Å². The number of rotatable bonds is 15. The average molecular weight is 720 g/mol. The number of hydrogen-bond donors (Lipinski definition) is 0. The predicted molar refractivity (Wildman–Crippen MR) is 238 cm³/mol.